The molecule has 184 valence electrons. The molecule has 2 aliphatic heterocycles. The number of carbonyl (C=O) groups is 1. The standard InChI is InChI=1S/C27H31FN4O3/c1-17(2)9-10-32-25-8-7-23(33)13-24(25)26(30-32)27(34)29-20-11-21-15-35-16-22(12-20)31(21)14-18-3-5-19(28)6-4-18/h3-9,13,20-22,33H,10-12,14-16H2,1-2H3,(H,29,34)/t20-,21-,22+. The Hall–Kier alpha value is -3.23. The molecule has 2 saturated heterocycles. The quantitative estimate of drug-likeness (QED) is 0.524. The molecule has 0 spiro atoms. The van der Waals surface area contributed by atoms with Crippen LogP contribution in [0.3, 0.4) is 0 Å². The van der Waals surface area contributed by atoms with Gasteiger partial charge in [-0.2, -0.15) is 5.10 Å². The minimum absolute atomic E-state index is 0.00107. The number of phenolic OH excluding ortho intramolecular Hbond substituents is 1. The van der Waals surface area contributed by atoms with Crippen LogP contribution in [0, 0.1) is 5.82 Å². The van der Waals surface area contributed by atoms with Crippen molar-refractivity contribution < 1.29 is 19.0 Å². The van der Waals surface area contributed by atoms with Crippen LogP contribution in [-0.2, 0) is 17.8 Å². The van der Waals surface area contributed by atoms with E-state index in [1.807, 2.05) is 26.0 Å². The van der Waals surface area contributed by atoms with Gasteiger partial charge in [0.25, 0.3) is 5.91 Å². The van der Waals surface area contributed by atoms with E-state index in [0.29, 0.717) is 30.8 Å². The fourth-order valence-electron chi connectivity index (χ4n) is 5.16. The van der Waals surface area contributed by atoms with Crippen molar-refractivity contribution in [2.24, 2.45) is 0 Å². The molecular weight excluding hydrogens is 447 g/mol. The van der Waals surface area contributed by atoms with Crippen LogP contribution in [-0.4, -0.2) is 57.0 Å². The van der Waals surface area contributed by atoms with Crippen LogP contribution in [0.1, 0.15) is 42.7 Å². The molecule has 2 bridgehead atoms. The third kappa shape index (κ3) is 5.09. The first-order valence-corrected chi connectivity index (χ1v) is 12.1. The number of amides is 1. The smallest absolute Gasteiger partial charge is 0.272 e. The maximum atomic E-state index is 13.3. The summed E-state index contributed by atoms with van der Waals surface area (Å²) in [5.74, 6) is -0.357. The van der Waals surface area contributed by atoms with Gasteiger partial charge in [-0.05, 0) is 62.6 Å². The van der Waals surface area contributed by atoms with Crippen LogP contribution in [0.25, 0.3) is 10.9 Å². The van der Waals surface area contributed by atoms with Crippen molar-refractivity contribution in [2.75, 3.05) is 13.2 Å². The molecule has 0 saturated carbocycles. The average molecular weight is 479 g/mol. The molecule has 1 aromatic heterocycles. The Labute approximate surface area is 204 Å². The second-order valence-corrected chi connectivity index (χ2v) is 9.80. The Morgan fingerprint density at radius 1 is 1.17 bits per heavy atom. The monoisotopic (exact) mass is 478 g/mol. The van der Waals surface area contributed by atoms with Gasteiger partial charge in [-0.25, -0.2) is 4.39 Å². The number of rotatable bonds is 6. The van der Waals surface area contributed by atoms with Crippen molar-refractivity contribution in [3.63, 3.8) is 0 Å². The third-order valence-corrected chi connectivity index (χ3v) is 6.91. The molecule has 0 radical (unpaired) electrons. The van der Waals surface area contributed by atoms with Gasteiger partial charge in [0.1, 0.15) is 11.6 Å². The van der Waals surface area contributed by atoms with Crippen LogP contribution in [0.15, 0.2) is 54.1 Å². The number of hydrogen-bond acceptors (Lipinski definition) is 5. The van der Waals surface area contributed by atoms with Gasteiger partial charge in [0.15, 0.2) is 5.69 Å². The second-order valence-electron chi connectivity index (χ2n) is 9.80. The number of allylic oxidation sites excluding steroid dienone is 2. The lowest BCUT2D eigenvalue weighted by molar-refractivity contribution is -0.0843. The van der Waals surface area contributed by atoms with Gasteiger partial charge in [0.2, 0.25) is 0 Å². The molecular formula is C27H31FN4O3. The summed E-state index contributed by atoms with van der Waals surface area (Å²) < 4.78 is 20.9. The molecule has 2 N–H and O–H groups in total. The molecule has 8 heteroatoms. The van der Waals surface area contributed by atoms with Crippen LogP contribution >= 0.6 is 0 Å². The molecule has 2 aliphatic rings. The Balaban J connectivity index is 1.32. The van der Waals surface area contributed by atoms with E-state index >= 15 is 0 Å². The number of aromatic hydroxyl groups is 1. The maximum absolute atomic E-state index is 13.3. The predicted octanol–water partition coefficient (Wildman–Crippen LogP) is 4.01. The number of hydrogen-bond donors (Lipinski definition) is 2. The zero-order valence-electron chi connectivity index (χ0n) is 20.1. The third-order valence-electron chi connectivity index (χ3n) is 6.91. The molecule has 2 fully saturated rings. The number of halogens is 1. The first kappa shape index (κ1) is 23.5. The highest BCUT2D eigenvalue weighted by molar-refractivity contribution is 6.05. The number of fused-ring (bicyclic) bond motifs is 3. The number of morpholine rings is 1. The van der Waals surface area contributed by atoms with Crippen molar-refractivity contribution in [1.29, 1.82) is 0 Å². The summed E-state index contributed by atoms with van der Waals surface area (Å²) in [7, 11) is 0. The zero-order valence-corrected chi connectivity index (χ0v) is 20.1. The fraction of sp³-hybridized carbons (Fsp3) is 0.407. The minimum atomic E-state index is -0.233. The molecule has 35 heavy (non-hydrogen) atoms. The van der Waals surface area contributed by atoms with E-state index in [-0.39, 0.29) is 35.6 Å². The number of carbonyl (C=O) groups excluding carboxylic acids is 1. The Morgan fingerprint density at radius 3 is 2.57 bits per heavy atom. The van der Waals surface area contributed by atoms with Crippen molar-refractivity contribution in [3.05, 3.63) is 71.2 Å². The van der Waals surface area contributed by atoms with Crippen LogP contribution in [0.2, 0.25) is 0 Å². The summed E-state index contributed by atoms with van der Waals surface area (Å²) in [6.07, 6.45) is 3.59. The number of ether oxygens (including phenoxy) is 1. The highest BCUT2D eigenvalue weighted by Gasteiger charge is 2.39. The number of benzene rings is 2. The van der Waals surface area contributed by atoms with Crippen LogP contribution in [0.4, 0.5) is 4.39 Å². The number of phenols is 1. The Bertz CT molecular complexity index is 1240. The number of nitrogens with zero attached hydrogens (tertiary/aromatic N) is 3. The first-order valence-electron chi connectivity index (χ1n) is 12.1. The van der Waals surface area contributed by atoms with Gasteiger partial charge in [0, 0.05) is 30.1 Å². The molecule has 5 rings (SSSR count). The molecule has 2 aromatic carbocycles. The van der Waals surface area contributed by atoms with Gasteiger partial charge in [-0.1, -0.05) is 23.8 Å². The lowest BCUT2D eigenvalue weighted by Gasteiger charge is -2.48. The van der Waals surface area contributed by atoms with E-state index in [0.717, 1.165) is 30.5 Å². The number of aromatic nitrogens is 2. The van der Waals surface area contributed by atoms with Gasteiger partial charge < -0.3 is 15.2 Å². The lowest BCUT2D eigenvalue weighted by atomic mass is 9.89. The van der Waals surface area contributed by atoms with Crippen molar-refractivity contribution in [1.82, 2.24) is 20.0 Å². The van der Waals surface area contributed by atoms with Crippen LogP contribution in [0.5, 0.6) is 5.75 Å². The molecule has 1 amide bonds. The maximum Gasteiger partial charge on any atom is 0.272 e. The normalized spacial score (nSPS) is 22.2. The van der Waals surface area contributed by atoms with E-state index < -0.39 is 0 Å². The molecule has 0 unspecified atom stereocenters. The predicted molar refractivity (Wildman–Crippen MR) is 132 cm³/mol. The Morgan fingerprint density at radius 2 is 1.89 bits per heavy atom. The summed E-state index contributed by atoms with van der Waals surface area (Å²) in [5.41, 5.74) is 3.37. The molecule has 3 heterocycles. The molecule has 3 aromatic rings. The van der Waals surface area contributed by atoms with E-state index in [1.54, 1.807) is 22.9 Å². The van der Waals surface area contributed by atoms with E-state index in [4.69, 9.17) is 4.74 Å². The highest BCUT2D eigenvalue weighted by atomic mass is 19.1. The lowest BCUT2D eigenvalue weighted by Crippen LogP contribution is -2.60. The van der Waals surface area contributed by atoms with Crippen molar-refractivity contribution in [2.45, 2.75) is 57.9 Å². The van der Waals surface area contributed by atoms with Crippen molar-refractivity contribution in [3.8, 4) is 5.75 Å². The summed E-state index contributed by atoms with van der Waals surface area (Å²) >= 11 is 0. The summed E-state index contributed by atoms with van der Waals surface area (Å²) in [6.45, 7) is 6.55. The van der Waals surface area contributed by atoms with E-state index in [9.17, 15) is 14.3 Å². The van der Waals surface area contributed by atoms with Gasteiger partial charge in [-0.3, -0.25) is 14.4 Å². The summed E-state index contributed by atoms with van der Waals surface area (Å²) in [6, 6.07) is 12.0. The molecule has 7 nitrogen and oxygen atoms in total. The van der Waals surface area contributed by atoms with E-state index in [2.05, 4.69) is 21.4 Å². The first-order chi connectivity index (χ1) is 16.9. The average Bonchev–Trinajstić information content (AvgIpc) is 3.17. The number of nitrogens with one attached hydrogen (secondary N) is 1. The Kier molecular flexibility index (Phi) is 6.58. The summed E-state index contributed by atoms with van der Waals surface area (Å²) in [5, 5.41) is 18.5. The van der Waals surface area contributed by atoms with E-state index in [1.165, 1.54) is 17.7 Å². The van der Waals surface area contributed by atoms with Crippen LogP contribution < -0.4 is 5.32 Å². The van der Waals surface area contributed by atoms with Gasteiger partial charge in [0.05, 0.1) is 25.3 Å². The van der Waals surface area contributed by atoms with Gasteiger partial charge >= 0.3 is 0 Å². The largest absolute Gasteiger partial charge is 0.508 e. The minimum Gasteiger partial charge on any atom is -0.508 e. The SMILES string of the molecule is CC(C)=CCn1nc(C(=O)N[C@H]2C[C@H]3COC[C@@H](C2)N3Cc2ccc(F)cc2)c2cc(O)ccc21. The molecule has 0 aliphatic carbocycles. The number of piperidine rings is 1. The van der Waals surface area contributed by atoms with Crippen molar-refractivity contribution >= 4 is 16.8 Å². The van der Waals surface area contributed by atoms with Gasteiger partial charge in [-0.15, -0.1) is 0 Å². The second kappa shape index (κ2) is 9.79. The highest BCUT2D eigenvalue weighted by Crippen LogP contribution is 2.30. The fourth-order valence-corrected chi connectivity index (χ4v) is 5.16. The topological polar surface area (TPSA) is 79.6 Å². The zero-order chi connectivity index (χ0) is 24.5. The molecule has 3 atom stereocenters. The summed E-state index contributed by atoms with van der Waals surface area (Å²) in [4.78, 5) is 15.8.